The van der Waals surface area contributed by atoms with Crippen LogP contribution in [-0.4, -0.2) is 53.4 Å². The Morgan fingerprint density at radius 3 is 2.52 bits per heavy atom. The van der Waals surface area contributed by atoms with Gasteiger partial charge in [-0.15, -0.1) is 0 Å². The number of amides is 1. The highest BCUT2D eigenvalue weighted by Gasteiger charge is 2.49. The third kappa shape index (κ3) is 4.05. The monoisotopic (exact) mass is 426 g/mol. The van der Waals surface area contributed by atoms with Gasteiger partial charge in [-0.3, -0.25) is 4.79 Å². The Balaban J connectivity index is 1.17. The van der Waals surface area contributed by atoms with Crippen LogP contribution in [0.3, 0.4) is 0 Å². The summed E-state index contributed by atoms with van der Waals surface area (Å²) in [4.78, 5) is 15.9. The number of hydrogen-bond acceptors (Lipinski definition) is 4. The molecular weight excluding hydrogens is 388 g/mol. The van der Waals surface area contributed by atoms with Gasteiger partial charge in [0.15, 0.2) is 0 Å². The number of carbonyl (C=O) groups is 1. The maximum absolute atomic E-state index is 13.7. The third-order valence-corrected chi connectivity index (χ3v) is 8.82. The topological polar surface area (TPSA) is 61.8 Å². The molecule has 2 saturated heterocycles. The van der Waals surface area contributed by atoms with E-state index in [9.17, 15) is 9.90 Å². The summed E-state index contributed by atoms with van der Waals surface area (Å²) in [5.74, 6) is 0.915. The van der Waals surface area contributed by atoms with Crippen molar-refractivity contribution >= 4 is 5.91 Å². The fourth-order valence-electron chi connectivity index (χ4n) is 6.68. The predicted octanol–water partition coefficient (Wildman–Crippen LogP) is 3.43. The average molecular weight is 427 g/mol. The summed E-state index contributed by atoms with van der Waals surface area (Å²) in [7, 11) is 0. The summed E-state index contributed by atoms with van der Waals surface area (Å²) in [6.45, 7) is 4.47. The van der Waals surface area contributed by atoms with Crippen LogP contribution in [0.1, 0.15) is 69.4 Å². The zero-order valence-corrected chi connectivity index (χ0v) is 18.9. The maximum Gasteiger partial charge on any atom is 0.229 e. The van der Waals surface area contributed by atoms with Crippen LogP contribution in [0.5, 0.6) is 0 Å². The largest absolute Gasteiger partial charge is 0.391 e. The van der Waals surface area contributed by atoms with Crippen molar-refractivity contribution < 1.29 is 14.6 Å². The Bertz CT molecular complexity index is 773. The zero-order chi connectivity index (χ0) is 21.4. The Kier molecular flexibility index (Phi) is 6.11. The Morgan fingerprint density at radius 2 is 1.84 bits per heavy atom. The molecule has 2 unspecified atom stereocenters. The number of morpholine rings is 1. The van der Waals surface area contributed by atoms with E-state index in [4.69, 9.17) is 4.74 Å². The van der Waals surface area contributed by atoms with Crippen LogP contribution < -0.4 is 5.32 Å². The molecule has 2 bridgehead atoms. The van der Waals surface area contributed by atoms with Gasteiger partial charge in [-0.25, -0.2) is 0 Å². The molecule has 2 N–H and O–H groups in total. The van der Waals surface area contributed by atoms with Crippen molar-refractivity contribution in [2.45, 2.75) is 95.5 Å². The molecule has 3 aliphatic heterocycles. The summed E-state index contributed by atoms with van der Waals surface area (Å²) in [6.07, 6.45) is 8.61. The van der Waals surface area contributed by atoms with Crippen molar-refractivity contribution in [2.24, 2.45) is 11.3 Å². The summed E-state index contributed by atoms with van der Waals surface area (Å²) in [6, 6.07) is 9.28. The van der Waals surface area contributed by atoms with E-state index in [1.54, 1.807) is 0 Å². The van der Waals surface area contributed by atoms with Gasteiger partial charge < -0.3 is 20.1 Å². The third-order valence-electron chi connectivity index (χ3n) is 8.82. The minimum Gasteiger partial charge on any atom is -0.391 e. The molecule has 1 aromatic carbocycles. The molecule has 1 saturated carbocycles. The van der Waals surface area contributed by atoms with Gasteiger partial charge in [-0.1, -0.05) is 31.2 Å². The number of carbonyl (C=O) groups excluding carboxylic acids is 1. The zero-order valence-electron chi connectivity index (χ0n) is 18.9. The molecular formula is C26H38N2O3. The minimum atomic E-state index is -0.321. The van der Waals surface area contributed by atoms with Crippen molar-refractivity contribution in [3.05, 3.63) is 35.4 Å². The molecule has 1 aromatic rings. The molecule has 1 aliphatic carbocycles. The average Bonchev–Trinajstić information content (AvgIpc) is 3.06. The van der Waals surface area contributed by atoms with Gasteiger partial charge in [0.2, 0.25) is 5.91 Å². The van der Waals surface area contributed by atoms with Crippen LogP contribution in [0.15, 0.2) is 24.3 Å². The van der Waals surface area contributed by atoms with E-state index >= 15 is 0 Å². The number of nitrogens with one attached hydrogen (secondary N) is 1. The van der Waals surface area contributed by atoms with Crippen LogP contribution in [0.2, 0.25) is 0 Å². The van der Waals surface area contributed by atoms with Gasteiger partial charge in [0.05, 0.1) is 31.4 Å². The lowest BCUT2D eigenvalue weighted by atomic mass is 9.66. The lowest BCUT2D eigenvalue weighted by Gasteiger charge is -2.45. The lowest BCUT2D eigenvalue weighted by Crippen LogP contribution is -2.55. The first-order chi connectivity index (χ1) is 15.1. The highest BCUT2D eigenvalue weighted by Crippen LogP contribution is 2.46. The predicted molar refractivity (Wildman–Crippen MR) is 121 cm³/mol. The molecule has 5 nitrogen and oxygen atoms in total. The highest BCUT2D eigenvalue weighted by molar-refractivity contribution is 5.84. The number of aliphatic hydroxyl groups is 1. The SMILES string of the molecule is CCC1(C(=O)N2C3CCC2COC3)CCC(C[C@@H](O)[C@@H]2Cc3ccccc3CN2)CC1. The fraction of sp³-hybridized carbons (Fsp3) is 0.731. The van der Waals surface area contributed by atoms with Crippen LogP contribution in [0.25, 0.3) is 0 Å². The van der Waals surface area contributed by atoms with Gasteiger partial charge in [0.1, 0.15) is 0 Å². The lowest BCUT2D eigenvalue weighted by molar-refractivity contribution is -0.155. The number of nitrogens with zero attached hydrogens (tertiary/aromatic N) is 1. The van der Waals surface area contributed by atoms with Gasteiger partial charge in [-0.05, 0) is 74.8 Å². The van der Waals surface area contributed by atoms with Crippen molar-refractivity contribution in [3.63, 3.8) is 0 Å². The second-order valence-corrected chi connectivity index (χ2v) is 10.5. The second kappa shape index (κ2) is 8.84. The molecule has 31 heavy (non-hydrogen) atoms. The molecule has 0 radical (unpaired) electrons. The maximum atomic E-state index is 13.7. The van der Waals surface area contributed by atoms with Gasteiger partial charge >= 0.3 is 0 Å². The van der Waals surface area contributed by atoms with Crippen LogP contribution in [0.4, 0.5) is 0 Å². The molecule has 4 atom stereocenters. The standard InChI is InChI=1S/C26H38N2O3/c1-2-26(25(30)28-21-7-8-22(28)17-31-16-21)11-9-18(10-12-26)13-24(29)23-14-19-5-3-4-6-20(19)15-27-23/h3-6,18,21-24,27,29H,2,7-17H2,1H3/t18?,21?,22?,23-,24+,26?/m0/s1. The number of hydrogen-bond donors (Lipinski definition) is 2. The number of aliphatic hydroxyl groups excluding tert-OH is 1. The molecule has 0 spiro atoms. The van der Waals surface area contributed by atoms with Crippen LogP contribution >= 0.6 is 0 Å². The number of fused-ring (bicyclic) bond motifs is 3. The number of benzene rings is 1. The smallest absolute Gasteiger partial charge is 0.229 e. The molecule has 4 aliphatic rings. The van der Waals surface area contributed by atoms with Gasteiger partial charge in [-0.2, -0.15) is 0 Å². The van der Waals surface area contributed by atoms with Gasteiger partial charge in [0.25, 0.3) is 0 Å². The second-order valence-electron chi connectivity index (χ2n) is 10.5. The van der Waals surface area contributed by atoms with Gasteiger partial charge in [0, 0.05) is 18.0 Å². The first-order valence-corrected chi connectivity index (χ1v) is 12.5. The minimum absolute atomic E-state index is 0.137. The Morgan fingerprint density at radius 1 is 1.16 bits per heavy atom. The van der Waals surface area contributed by atoms with E-state index in [0.29, 0.717) is 37.1 Å². The normalized spacial score (nSPS) is 36.1. The van der Waals surface area contributed by atoms with Crippen LogP contribution in [-0.2, 0) is 22.5 Å². The first-order valence-electron chi connectivity index (χ1n) is 12.5. The molecule has 170 valence electrons. The molecule has 3 fully saturated rings. The molecule has 1 amide bonds. The molecule has 3 heterocycles. The van der Waals surface area contributed by atoms with Crippen molar-refractivity contribution in [3.8, 4) is 0 Å². The van der Waals surface area contributed by atoms with E-state index in [0.717, 1.165) is 64.3 Å². The summed E-state index contributed by atoms with van der Waals surface area (Å²) in [5, 5.41) is 14.5. The van der Waals surface area contributed by atoms with E-state index in [2.05, 4.69) is 41.4 Å². The summed E-state index contributed by atoms with van der Waals surface area (Å²) >= 11 is 0. The van der Waals surface area contributed by atoms with Crippen molar-refractivity contribution in [1.29, 1.82) is 0 Å². The van der Waals surface area contributed by atoms with E-state index in [1.807, 2.05) is 0 Å². The summed E-state index contributed by atoms with van der Waals surface area (Å²) < 4.78 is 5.70. The number of rotatable bonds is 5. The van der Waals surface area contributed by atoms with E-state index in [-0.39, 0.29) is 17.6 Å². The molecule has 0 aromatic heterocycles. The summed E-state index contributed by atoms with van der Waals surface area (Å²) in [5.41, 5.74) is 2.53. The van der Waals surface area contributed by atoms with E-state index in [1.165, 1.54) is 11.1 Å². The molecule has 5 rings (SSSR count). The molecule has 5 heteroatoms. The van der Waals surface area contributed by atoms with E-state index < -0.39 is 0 Å². The quantitative estimate of drug-likeness (QED) is 0.757. The Hall–Kier alpha value is -1.43. The number of ether oxygens (including phenoxy) is 1. The van der Waals surface area contributed by atoms with Crippen molar-refractivity contribution in [2.75, 3.05) is 13.2 Å². The fourth-order valence-corrected chi connectivity index (χ4v) is 6.68. The van der Waals surface area contributed by atoms with Crippen molar-refractivity contribution in [1.82, 2.24) is 10.2 Å². The Labute approximate surface area is 186 Å². The first kappa shape index (κ1) is 21.4. The highest BCUT2D eigenvalue weighted by atomic mass is 16.5. The van der Waals surface area contributed by atoms with Crippen LogP contribution in [0, 0.1) is 11.3 Å².